The topological polar surface area (TPSA) is 136 Å². The largest absolute Gasteiger partial charge is 0.390 e. The van der Waals surface area contributed by atoms with Gasteiger partial charge in [0, 0.05) is 12.4 Å². The maximum absolute atomic E-state index is 10.6. The van der Waals surface area contributed by atoms with E-state index < -0.39 is 12.2 Å². The lowest BCUT2D eigenvalue weighted by atomic mass is 9.96. The molecule has 1 saturated carbocycles. The molecular formula is C20H26N6O2. The Balaban J connectivity index is 1.38. The van der Waals surface area contributed by atoms with E-state index in [-0.39, 0.29) is 12.0 Å². The highest BCUT2D eigenvalue weighted by Crippen LogP contribution is 2.39. The number of fused-ring (bicyclic) bond motifs is 1. The molecule has 1 aliphatic rings. The quantitative estimate of drug-likeness (QED) is 0.476. The van der Waals surface area contributed by atoms with Gasteiger partial charge in [-0.2, -0.15) is 0 Å². The number of rotatable bonds is 6. The minimum Gasteiger partial charge on any atom is -0.390 e. The predicted octanol–water partition coefficient (Wildman–Crippen LogP) is 1.69. The summed E-state index contributed by atoms with van der Waals surface area (Å²) in [6, 6.07) is 5.52. The number of hydrogen-bond acceptors (Lipinski definition) is 7. The van der Waals surface area contributed by atoms with Crippen molar-refractivity contribution in [2.75, 3.05) is 11.5 Å². The van der Waals surface area contributed by atoms with Gasteiger partial charge in [0.05, 0.1) is 17.5 Å². The number of unbranched alkanes of at least 4 members (excludes halogenated alkanes) is 1. The van der Waals surface area contributed by atoms with E-state index >= 15 is 0 Å². The van der Waals surface area contributed by atoms with Crippen LogP contribution in [-0.2, 0) is 6.42 Å². The van der Waals surface area contributed by atoms with E-state index in [1.807, 2.05) is 29.0 Å². The first-order valence-electron chi connectivity index (χ1n) is 9.68. The number of hydrogen-bond donors (Lipinski definition) is 4. The Bertz CT molecular complexity index is 959. The lowest BCUT2D eigenvalue weighted by molar-refractivity contribution is 0.00502. The van der Waals surface area contributed by atoms with Crippen molar-refractivity contribution in [3.05, 3.63) is 42.5 Å². The standard InChI is InChI=1S/C20H26N6O2/c21-16-9-12(5-7-23-16)3-1-2-4-13-10-15(18(28)17(13)27)26-8-6-14-19(22)24-11-25-20(14)26/h5-9,11,13,15,17-18,27-28H,1-4,10H2,(H2,21,23)(H2,22,24,25)/t13-,15+,17+,18-/m0/s1. The van der Waals surface area contributed by atoms with E-state index in [1.165, 1.54) is 11.9 Å². The molecule has 0 amide bonds. The predicted molar refractivity (Wildman–Crippen MR) is 107 cm³/mol. The molecule has 6 N–H and O–H groups in total. The van der Waals surface area contributed by atoms with Gasteiger partial charge < -0.3 is 26.2 Å². The van der Waals surface area contributed by atoms with Gasteiger partial charge in [0.1, 0.15) is 29.7 Å². The van der Waals surface area contributed by atoms with E-state index in [0.717, 1.165) is 31.1 Å². The summed E-state index contributed by atoms with van der Waals surface area (Å²) in [5.41, 5.74) is 13.5. The number of aliphatic hydroxyl groups is 2. The molecular weight excluding hydrogens is 356 g/mol. The number of nitrogens with two attached hydrogens (primary N) is 2. The highest BCUT2D eigenvalue weighted by atomic mass is 16.3. The number of nitrogens with zero attached hydrogens (tertiary/aromatic N) is 4. The molecule has 0 spiro atoms. The Hall–Kier alpha value is -2.71. The molecule has 28 heavy (non-hydrogen) atoms. The van der Waals surface area contributed by atoms with Crippen molar-refractivity contribution in [2.24, 2.45) is 5.92 Å². The van der Waals surface area contributed by atoms with Gasteiger partial charge in [0.25, 0.3) is 0 Å². The van der Waals surface area contributed by atoms with Gasteiger partial charge in [0.2, 0.25) is 0 Å². The van der Waals surface area contributed by atoms with Crippen LogP contribution in [0, 0.1) is 5.92 Å². The SMILES string of the molecule is Nc1cc(CCCC[C@H]2C[C@@H](n3ccc4c(N)ncnc43)[C@H](O)[C@@H]2O)ccn1. The molecule has 0 saturated heterocycles. The van der Waals surface area contributed by atoms with Crippen LogP contribution in [0.5, 0.6) is 0 Å². The average molecular weight is 382 g/mol. The number of aliphatic hydroxyl groups excluding tert-OH is 2. The van der Waals surface area contributed by atoms with Crippen LogP contribution in [0.15, 0.2) is 36.9 Å². The van der Waals surface area contributed by atoms with Gasteiger partial charge in [-0.3, -0.25) is 0 Å². The van der Waals surface area contributed by atoms with E-state index in [2.05, 4.69) is 15.0 Å². The fourth-order valence-electron chi connectivity index (χ4n) is 4.31. The summed E-state index contributed by atoms with van der Waals surface area (Å²) in [5, 5.41) is 22.0. The lowest BCUT2D eigenvalue weighted by Gasteiger charge is -2.19. The summed E-state index contributed by atoms with van der Waals surface area (Å²) in [7, 11) is 0. The van der Waals surface area contributed by atoms with Crippen molar-refractivity contribution in [3.63, 3.8) is 0 Å². The minimum atomic E-state index is -0.822. The lowest BCUT2D eigenvalue weighted by Crippen LogP contribution is -2.29. The van der Waals surface area contributed by atoms with E-state index in [0.29, 0.717) is 23.7 Å². The highest BCUT2D eigenvalue weighted by Gasteiger charge is 2.42. The van der Waals surface area contributed by atoms with Crippen molar-refractivity contribution in [3.8, 4) is 0 Å². The third-order valence-electron chi connectivity index (χ3n) is 5.80. The molecule has 0 aromatic carbocycles. The molecule has 1 aliphatic carbocycles. The fourth-order valence-corrected chi connectivity index (χ4v) is 4.31. The Kier molecular flexibility index (Phi) is 5.15. The summed E-state index contributed by atoms with van der Waals surface area (Å²) in [6.07, 6.45) is 7.94. The van der Waals surface area contributed by atoms with Crippen LogP contribution in [0.3, 0.4) is 0 Å². The number of nitrogen functional groups attached to an aromatic ring is 2. The maximum atomic E-state index is 10.6. The van der Waals surface area contributed by atoms with Crippen molar-refractivity contribution < 1.29 is 10.2 Å². The van der Waals surface area contributed by atoms with Crippen LogP contribution in [-0.4, -0.2) is 41.9 Å². The maximum Gasteiger partial charge on any atom is 0.145 e. The Labute approximate surface area is 163 Å². The third-order valence-corrected chi connectivity index (χ3v) is 5.80. The number of aromatic nitrogens is 4. The minimum absolute atomic E-state index is 0.0548. The van der Waals surface area contributed by atoms with Crippen LogP contribution in [0.2, 0.25) is 0 Å². The zero-order valence-electron chi connectivity index (χ0n) is 15.6. The summed E-state index contributed by atoms with van der Waals surface area (Å²) in [4.78, 5) is 12.3. The molecule has 0 radical (unpaired) electrons. The zero-order valence-corrected chi connectivity index (χ0v) is 15.6. The normalized spacial score (nSPS) is 24.8. The Morgan fingerprint density at radius 3 is 2.75 bits per heavy atom. The van der Waals surface area contributed by atoms with E-state index in [4.69, 9.17) is 11.5 Å². The van der Waals surface area contributed by atoms with E-state index in [1.54, 1.807) is 6.20 Å². The van der Waals surface area contributed by atoms with Gasteiger partial charge in [-0.15, -0.1) is 0 Å². The van der Waals surface area contributed by atoms with Gasteiger partial charge in [0.15, 0.2) is 0 Å². The second kappa shape index (κ2) is 7.73. The summed E-state index contributed by atoms with van der Waals surface area (Å²) >= 11 is 0. The van der Waals surface area contributed by atoms with Crippen LogP contribution < -0.4 is 11.5 Å². The molecule has 8 heteroatoms. The second-order valence-corrected chi connectivity index (χ2v) is 7.60. The Morgan fingerprint density at radius 2 is 1.93 bits per heavy atom. The second-order valence-electron chi connectivity index (χ2n) is 7.60. The average Bonchev–Trinajstić information content (AvgIpc) is 3.22. The van der Waals surface area contributed by atoms with Gasteiger partial charge in [-0.25, -0.2) is 15.0 Å². The molecule has 0 aliphatic heterocycles. The molecule has 8 nitrogen and oxygen atoms in total. The van der Waals surface area contributed by atoms with Gasteiger partial charge >= 0.3 is 0 Å². The summed E-state index contributed by atoms with van der Waals surface area (Å²) in [5.74, 6) is 1.02. The molecule has 3 aromatic rings. The van der Waals surface area contributed by atoms with Crippen molar-refractivity contribution >= 4 is 22.7 Å². The molecule has 4 atom stereocenters. The van der Waals surface area contributed by atoms with Crippen LogP contribution in [0.1, 0.15) is 37.3 Å². The van der Waals surface area contributed by atoms with Crippen LogP contribution in [0.25, 0.3) is 11.0 Å². The third kappa shape index (κ3) is 3.53. The van der Waals surface area contributed by atoms with Crippen LogP contribution in [0.4, 0.5) is 11.6 Å². The first-order chi connectivity index (χ1) is 13.5. The number of anilines is 2. The first kappa shape index (κ1) is 18.6. The molecule has 0 bridgehead atoms. The number of pyridine rings is 1. The monoisotopic (exact) mass is 382 g/mol. The van der Waals surface area contributed by atoms with E-state index in [9.17, 15) is 10.2 Å². The molecule has 3 aromatic heterocycles. The fraction of sp³-hybridized carbons (Fsp3) is 0.450. The highest BCUT2D eigenvalue weighted by molar-refractivity contribution is 5.86. The van der Waals surface area contributed by atoms with Gasteiger partial charge in [-0.05, 0) is 55.4 Å². The number of aryl methyl sites for hydroxylation is 1. The van der Waals surface area contributed by atoms with Crippen LogP contribution >= 0.6 is 0 Å². The summed E-state index contributed by atoms with van der Waals surface area (Å²) < 4.78 is 1.92. The molecule has 148 valence electrons. The molecule has 0 unspecified atom stereocenters. The van der Waals surface area contributed by atoms with Gasteiger partial charge in [-0.1, -0.05) is 6.42 Å². The smallest absolute Gasteiger partial charge is 0.145 e. The zero-order chi connectivity index (χ0) is 19.7. The van der Waals surface area contributed by atoms with Crippen molar-refractivity contribution in [2.45, 2.75) is 50.4 Å². The molecule has 3 heterocycles. The van der Waals surface area contributed by atoms with Crippen molar-refractivity contribution in [1.29, 1.82) is 0 Å². The molecule has 4 rings (SSSR count). The molecule has 1 fully saturated rings. The first-order valence-corrected chi connectivity index (χ1v) is 9.68. The summed E-state index contributed by atoms with van der Waals surface area (Å²) in [6.45, 7) is 0. The van der Waals surface area contributed by atoms with Crippen molar-refractivity contribution in [1.82, 2.24) is 19.5 Å². The Morgan fingerprint density at radius 1 is 1.07 bits per heavy atom.